The van der Waals surface area contributed by atoms with Gasteiger partial charge >= 0.3 is 0 Å². The van der Waals surface area contributed by atoms with Gasteiger partial charge in [0.25, 0.3) is 11.8 Å². The summed E-state index contributed by atoms with van der Waals surface area (Å²) >= 11 is 0. The van der Waals surface area contributed by atoms with E-state index in [1.165, 1.54) is 12.2 Å². The molecule has 4 heteroatoms. The Morgan fingerprint density at radius 2 is 1.71 bits per heavy atom. The number of hydrogen-bond donors (Lipinski definition) is 0. The zero-order chi connectivity index (χ0) is 12.3. The molecular formula is C13H11NO3. The number of anilines is 1. The number of benzene rings is 1. The number of hydrogen-bond acceptors (Lipinski definition) is 3. The maximum atomic E-state index is 11.4. The number of amides is 2. The van der Waals surface area contributed by atoms with E-state index in [9.17, 15) is 9.59 Å². The summed E-state index contributed by atoms with van der Waals surface area (Å²) < 4.78 is 5.30. The number of carbonyl (C=O) groups excluding carboxylic acids is 2. The summed E-state index contributed by atoms with van der Waals surface area (Å²) in [6, 6.07) is 6.75. The van der Waals surface area contributed by atoms with Crippen LogP contribution in [-0.2, 0) is 9.59 Å². The average molecular weight is 229 g/mol. The van der Waals surface area contributed by atoms with Gasteiger partial charge in [-0.1, -0.05) is 12.7 Å². The molecule has 2 amide bonds. The highest BCUT2D eigenvalue weighted by Crippen LogP contribution is 2.22. The zero-order valence-electron chi connectivity index (χ0n) is 9.13. The Morgan fingerprint density at radius 1 is 1.12 bits per heavy atom. The number of ether oxygens (including phenoxy) is 1. The highest BCUT2D eigenvalue weighted by molar-refractivity contribution is 6.28. The molecular weight excluding hydrogens is 218 g/mol. The van der Waals surface area contributed by atoms with Gasteiger partial charge in [-0.15, -0.1) is 0 Å². The second-order valence-electron chi connectivity index (χ2n) is 3.44. The van der Waals surface area contributed by atoms with Crippen molar-refractivity contribution in [1.82, 2.24) is 0 Å². The molecule has 17 heavy (non-hydrogen) atoms. The molecule has 0 spiro atoms. The van der Waals surface area contributed by atoms with Crippen molar-refractivity contribution in [3.63, 3.8) is 0 Å². The fourth-order valence-corrected chi connectivity index (χ4v) is 1.50. The van der Waals surface area contributed by atoms with Crippen molar-refractivity contribution in [2.45, 2.75) is 0 Å². The van der Waals surface area contributed by atoms with Crippen molar-refractivity contribution in [2.75, 3.05) is 11.5 Å². The van der Waals surface area contributed by atoms with E-state index in [0.29, 0.717) is 18.0 Å². The van der Waals surface area contributed by atoms with Gasteiger partial charge < -0.3 is 4.74 Å². The van der Waals surface area contributed by atoms with E-state index in [0.717, 1.165) is 4.90 Å². The molecule has 4 nitrogen and oxygen atoms in total. The zero-order valence-corrected chi connectivity index (χ0v) is 9.13. The molecule has 1 aliphatic heterocycles. The summed E-state index contributed by atoms with van der Waals surface area (Å²) in [6.07, 6.45) is 4.15. The molecule has 2 rings (SSSR count). The van der Waals surface area contributed by atoms with Gasteiger partial charge in [-0.05, 0) is 24.3 Å². The van der Waals surface area contributed by atoms with Gasteiger partial charge in [-0.25, -0.2) is 4.90 Å². The van der Waals surface area contributed by atoms with Crippen LogP contribution in [0.1, 0.15) is 0 Å². The first-order valence-corrected chi connectivity index (χ1v) is 5.12. The SMILES string of the molecule is C=CCOc1ccc(N2C(=O)C=CC2=O)cc1. The van der Waals surface area contributed by atoms with Gasteiger partial charge in [-0.2, -0.15) is 0 Å². The molecule has 0 unspecified atom stereocenters. The van der Waals surface area contributed by atoms with E-state index < -0.39 is 0 Å². The molecule has 1 aromatic carbocycles. The van der Waals surface area contributed by atoms with E-state index in [1.807, 2.05) is 0 Å². The van der Waals surface area contributed by atoms with Crippen LogP contribution in [0.3, 0.4) is 0 Å². The lowest BCUT2D eigenvalue weighted by molar-refractivity contribution is -0.119. The first-order valence-electron chi connectivity index (χ1n) is 5.12. The molecule has 0 bridgehead atoms. The average Bonchev–Trinajstić information content (AvgIpc) is 2.67. The maximum Gasteiger partial charge on any atom is 0.258 e. The quantitative estimate of drug-likeness (QED) is 0.583. The lowest BCUT2D eigenvalue weighted by Crippen LogP contribution is -2.29. The van der Waals surface area contributed by atoms with Crippen molar-refractivity contribution in [3.8, 4) is 5.75 Å². The number of nitrogens with zero attached hydrogens (tertiary/aromatic N) is 1. The molecule has 0 aliphatic carbocycles. The van der Waals surface area contributed by atoms with Gasteiger partial charge in [0, 0.05) is 12.2 Å². The fraction of sp³-hybridized carbons (Fsp3) is 0.0769. The monoisotopic (exact) mass is 229 g/mol. The second kappa shape index (κ2) is 4.65. The summed E-state index contributed by atoms with van der Waals surface area (Å²) in [6.45, 7) is 3.96. The van der Waals surface area contributed by atoms with Crippen molar-refractivity contribution in [2.24, 2.45) is 0 Å². The highest BCUT2D eigenvalue weighted by atomic mass is 16.5. The molecule has 0 N–H and O–H groups in total. The van der Waals surface area contributed by atoms with Gasteiger partial charge in [0.1, 0.15) is 12.4 Å². The van der Waals surface area contributed by atoms with Crippen LogP contribution in [0.25, 0.3) is 0 Å². The Bertz CT molecular complexity index is 470. The molecule has 1 aromatic rings. The van der Waals surface area contributed by atoms with E-state index in [4.69, 9.17) is 4.74 Å². The Morgan fingerprint density at radius 3 is 2.24 bits per heavy atom. The third kappa shape index (κ3) is 2.25. The summed E-state index contributed by atoms with van der Waals surface area (Å²) in [7, 11) is 0. The minimum atomic E-state index is -0.324. The van der Waals surface area contributed by atoms with Crippen LogP contribution in [0.15, 0.2) is 49.1 Å². The summed E-state index contributed by atoms with van der Waals surface area (Å²) in [5, 5.41) is 0. The van der Waals surface area contributed by atoms with E-state index >= 15 is 0 Å². The largest absolute Gasteiger partial charge is 0.490 e. The van der Waals surface area contributed by atoms with Crippen molar-refractivity contribution >= 4 is 17.5 Å². The molecule has 0 saturated heterocycles. The first kappa shape index (κ1) is 11.1. The third-order valence-electron chi connectivity index (χ3n) is 2.27. The topological polar surface area (TPSA) is 46.6 Å². The van der Waals surface area contributed by atoms with Crippen molar-refractivity contribution in [3.05, 3.63) is 49.1 Å². The van der Waals surface area contributed by atoms with Crippen LogP contribution in [-0.4, -0.2) is 18.4 Å². The normalized spacial score (nSPS) is 14.2. The Kier molecular flexibility index (Phi) is 3.05. The first-order chi connectivity index (χ1) is 8.22. The van der Waals surface area contributed by atoms with Crippen LogP contribution in [0.4, 0.5) is 5.69 Å². The van der Waals surface area contributed by atoms with E-state index in [2.05, 4.69) is 6.58 Å². The van der Waals surface area contributed by atoms with Gasteiger partial charge in [0.15, 0.2) is 0 Å². The third-order valence-corrected chi connectivity index (χ3v) is 2.27. The van der Waals surface area contributed by atoms with Crippen LogP contribution in [0.5, 0.6) is 5.75 Å². The Labute approximate surface area is 98.8 Å². The molecule has 0 fully saturated rings. The van der Waals surface area contributed by atoms with Crippen molar-refractivity contribution in [1.29, 1.82) is 0 Å². The van der Waals surface area contributed by atoms with Crippen LogP contribution in [0, 0.1) is 0 Å². The molecule has 0 atom stereocenters. The number of rotatable bonds is 4. The minimum Gasteiger partial charge on any atom is -0.490 e. The standard InChI is InChI=1S/C13H11NO3/c1-2-9-17-11-5-3-10(4-6-11)14-12(15)7-8-13(14)16/h2-8H,1,9H2. The lowest BCUT2D eigenvalue weighted by Gasteiger charge is -2.14. The minimum absolute atomic E-state index is 0.324. The Balaban J connectivity index is 2.15. The van der Waals surface area contributed by atoms with Crippen LogP contribution < -0.4 is 9.64 Å². The lowest BCUT2D eigenvalue weighted by atomic mass is 10.3. The smallest absolute Gasteiger partial charge is 0.258 e. The van der Waals surface area contributed by atoms with Crippen LogP contribution in [0.2, 0.25) is 0 Å². The summed E-state index contributed by atoms with van der Waals surface area (Å²) in [5.41, 5.74) is 0.538. The fourth-order valence-electron chi connectivity index (χ4n) is 1.50. The Hall–Kier alpha value is -2.36. The molecule has 0 radical (unpaired) electrons. The van der Waals surface area contributed by atoms with E-state index in [1.54, 1.807) is 30.3 Å². The highest BCUT2D eigenvalue weighted by Gasteiger charge is 2.24. The molecule has 1 aliphatic rings. The number of carbonyl (C=O) groups is 2. The molecule has 0 aromatic heterocycles. The summed E-state index contributed by atoms with van der Waals surface area (Å²) in [5.74, 6) is 0.0187. The predicted molar refractivity (Wildman–Crippen MR) is 63.8 cm³/mol. The molecule has 1 heterocycles. The van der Waals surface area contributed by atoms with Crippen LogP contribution >= 0.6 is 0 Å². The number of imide groups is 1. The van der Waals surface area contributed by atoms with Gasteiger partial charge in [-0.3, -0.25) is 9.59 Å². The van der Waals surface area contributed by atoms with Gasteiger partial charge in [0.2, 0.25) is 0 Å². The molecule has 86 valence electrons. The second-order valence-corrected chi connectivity index (χ2v) is 3.44. The predicted octanol–water partition coefficient (Wildman–Crippen LogP) is 1.68. The summed E-state index contributed by atoms with van der Waals surface area (Å²) in [4.78, 5) is 23.9. The molecule has 0 saturated carbocycles. The van der Waals surface area contributed by atoms with Crippen molar-refractivity contribution < 1.29 is 14.3 Å². The van der Waals surface area contributed by atoms with Gasteiger partial charge in [0.05, 0.1) is 5.69 Å². The maximum absolute atomic E-state index is 11.4. The van der Waals surface area contributed by atoms with E-state index in [-0.39, 0.29) is 11.8 Å².